The molecule has 19 heavy (non-hydrogen) atoms. The molecular weight excluding hydrogens is 248 g/mol. The number of carbonyl (C=O) groups excluding carboxylic acids is 1. The minimum atomic E-state index is -0.887. The quantitative estimate of drug-likeness (QED) is 0.843. The number of amides is 2. The Hall–Kier alpha value is -2.24. The van der Waals surface area contributed by atoms with Crippen LogP contribution in [0.1, 0.15) is 12.8 Å². The number of carboxylic acids is 1. The predicted octanol–water partition coefficient (Wildman–Crippen LogP) is 1.46. The van der Waals surface area contributed by atoms with E-state index in [1.807, 2.05) is 0 Å². The van der Waals surface area contributed by atoms with Crippen LogP contribution in [0.5, 0.6) is 5.75 Å². The van der Waals surface area contributed by atoms with Gasteiger partial charge >= 0.3 is 12.0 Å². The minimum absolute atomic E-state index is 0.0315. The van der Waals surface area contributed by atoms with Crippen LogP contribution < -0.4 is 15.0 Å². The third-order valence-corrected chi connectivity index (χ3v) is 2.81. The lowest BCUT2D eigenvalue weighted by Gasteiger charge is -2.27. The fraction of sp³-hybridized carbons (Fsp3) is 0.385. The van der Waals surface area contributed by atoms with Crippen LogP contribution in [0.3, 0.4) is 0 Å². The molecule has 6 nitrogen and oxygen atoms in total. The summed E-state index contributed by atoms with van der Waals surface area (Å²) < 4.78 is 5.29. The Morgan fingerprint density at radius 1 is 1.37 bits per heavy atom. The second kappa shape index (κ2) is 6.08. The van der Waals surface area contributed by atoms with Crippen LogP contribution in [-0.2, 0) is 4.79 Å². The first-order valence-electron chi connectivity index (χ1n) is 6.17. The summed E-state index contributed by atoms with van der Waals surface area (Å²) in [6.07, 6.45) is 0.888. The van der Waals surface area contributed by atoms with E-state index in [0.717, 1.165) is 12.1 Å². The summed E-state index contributed by atoms with van der Waals surface area (Å²) in [5.74, 6) is -0.288. The standard InChI is InChI=1S/C13H16N2O4/c16-12(17)6-9-19-11-4-2-10(3-5-11)15-8-1-7-14-13(15)18/h2-5H,1,6-9H2,(H,14,18)(H,16,17). The summed E-state index contributed by atoms with van der Waals surface area (Å²) in [6.45, 7) is 1.55. The first-order chi connectivity index (χ1) is 9.16. The van der Waals surface area contributed by atoms with Gasteiger partial charge in [-0.3, -0.25) is 9.69 Å². The molecule has 2 amide bonds. The topological polar surface area (TPSA) is 78.9 Å². The molecule has 1 aliphatic heterocycles. The first-order valence-corrected chi connectivity index (χ1v) is 6.17. The van der Waals surface area contributed by atoms with Crippen molar-refractivity contribution in [3.8, 4) is 5.75 Å². The van der Waals surface area contributed by atoms with E-state index in [-0.39, 0.29) is 19.1 Å². The molecule has 2 N–H and O–H groups in total. The van der Waals surface area contributed by atoms with Crippen molar-refractivity contribution in [1.29, 1.82) is 0 Å². The maximum Gasteiger partial charge on any atom is 0.321 e. The molecule has 6 heteroatoms. The number of benzene rings is 1. The number of nitrogens with one attached hydrogen (secondary N) is 1. The first kappa shape index (κ1) is 13.2. The molecule has 0 saturated carbocycles. The largest absolute Gasteiger partial charge is 0.493 e. The van der Waals surface area contributed by atoms with Gasteiger partial charge in [-0.25, -0.2) is 4.79 Å². The number of aliphatic carboxylic acids is 1. The van der Waals surface area contributed by atoms with Gasteiger partial charge in [-0.2, -0.15) is 0 Å². The van der Waals surface area contributed by atoms with Crippen molar-refractivity contribution in [2.24, 2.45) is 0 Å². The van der Waals surface area contributed by atoms with E-state index in [1.54, 1.807) is 29.2 Å². The van der Waals surface area contributed by atoms with Gasteiger partial charge in [-0.05, 0) is 30.7 Å². The number of anilines is 1. The fourth-order valence-electron chi connectivity index (χ4n) is 1.85. The average Bonchev–Trinajstić information content (AvgIpc) is 2.40. The molecule has 0 radical (unpaired) electrons. The molecule has 0 spiro atoms. The maximum absolute atomic E-state index is 11.6. The molecule has 102 valence electrons. The van der Waals surface area contributed by atoms with Crippen LogP contribution in [-0.4, -0.2) is 36.8 Å². The van der Waals surface area contributed by atoms with Crippen molar-refractivity contribution in [3.05, 3.63) is 24.3 Å². The summed E-state index contributed by atoms with van der Waals surface area (Å²) in [4.78, 5) is 23.7. The van der Waals surface area contributed by atoms with Crippen molar-refractivity contribution < 1.29 is 19.4 Å². The van der Waals surface area contributed by atoms with Crippen LogP contribution in [0, 0.1) is 0 Å². The fourth-order valence-corrected chi connectivity index (χ4v) is 1.85. The molecule has 1 aliphatic rings. The smallest absolute Gasteiger partial charge is 0.321 e. The summed E-state index contributed by atoms with van der Waals surface area (Å²) >= 11 is 0. The second-order valence-electron chi connectivity index (χ2n) is 4.22. The van der Waals surface area contributed by atoms with Gasteiger partial charge in [0.1, 0.15) is 5.75 Å². The molecule has 1 fully saturated rings. The highest BCUT2D eigenvalue weighted by Crippen LogP contribution is 2.21. The van der Waals surface area contributed by atoms with E-state index in [1.165, 1.54) is 0 Å². The zero-order valence-electron chi connectivity index (χ0n) is 10.5. The molecule has 0 aromatic heterocycles. The summed E-state index contributed by atoms with van der Waals surface area (Å²) in [5, 5.41) is 11.3. The lowest BCUT2D eigenvalue weighted by Crippen LogP contribution is -2.46. The van der Waals surface area contributed by atoms with Crippen LogP contribution in [0.25, 0.3) is 0 Å². The van der Waals surface area contributed by atoms with E-state index in [0.29, 0.717) is 18.8 Å². The van der Waals surface area contributed by atoms with Crippen molar-refractivity contribution in [2.75, 3.05) is 24.6 Å². The van der Waals surface area contributed by atoms with Crippen LogP contribution in [0.4, 0.5) is 10.5 Å². The van der Waals surface area contributed by atoms with Gasteiger partial charge < -0.3 is 15.2 Å². The van der Waals surface area contributed by atoms with Gasteiger partial charge in [-0.1, -0.05) is 0 Å². The van der Waals surface area contributed by atoms with Crippen molar-refractivity contribution in [1.82, 2.24) is 5.32 Å². The van der Waals surface area contributed by atoms with E-state index in [9.17, 15) is 9.59 Å². The van der Waals surface area contributed by atoms with Gasteiger partial charge in [-0.15, -0.1) is 0 Å². The molecule has 0 atom stereocenters. The minimum Gasteiger partial charge on any atom is -0.493 e. The number of hydrogen-bond acceptors (Lipinski definition) is 3. The Labute approximate surface area is 111 Å². The van der Waals surface area contributed by atoms with Crippen LogP contribution in [0.2, 0.25) is 0 Å². The van der Waals surface area contributed by atoms with Crippen molar-refractivity contribution in [2.45, 2.75) is 12.8 Å². The Balaban J connectivity index is 1.94. The van der Waals surface area contributed by atoms with Gasteiger partial charge in [0.05, 0.1) is 13.0 Å². The highest BCUT2D eigenvalue weighted by Gasteiger charge is 2.18. The van der Waals surface area contributed by atoms with E-state index in [2.05, 4.69) is 5.32 Å². The Morgan fingerprint density at radius 2 is 2.11 bits per heavy atom. The normalized spacial score (nSPS) is 14.9. The third kappa shape index (κ3) is 3.61. The Bertz CT molecular complexity index is 458. The molecule has 1 heterocycles. The number of nitrogens with zero attached hydrogens (tertiary/aromatic N) is 1. The van der Waals surface area contributed by atoms with Crippen LogP contribution in [0.15, 0.2) is 24.3 Å². The van der Waals surface area contributed by atoms with E-state index >= 15 is 0 Å². The maximum atomic E-state index is 11.6. The lowest BCUT2D eigenvalue weighted by molar-refractivity contribution is -0.137. The number of rotatable bonds is 5. The number of carbonyl (C=O) groups is 2. The highest BCUT2D eigenvalue weighted by molar-refractivity contribution is 5.92. The SMILES string of the molecule is O=C(O)CCOc1ccc(N2CCCNC2=O)cc1. The second-order valence-corrected chi connectivity index (χ2v) is 4.22. The summed E-state index contributed by atoms with van der Waals surface area (Å²) in [7, 11) is 0. The van der Waals surface area contributed by atoms with Crippen LogP contribution >= 0.6 is 0 Å². The van der Waals surface area contributed by atoms with Crippen molar-refractivity contribution >= 4 is 17.7 Å². The third-order valence-electron chi connectivity index (χ3n) is 2.81. The van der Waals surface area contributed by atoms with E-state index in [4.69, 9.17) is 9.84 Å². The van der Waals surface area contributed by atoms with Gasteiger partial charge in [0.15, 0.2) is 0 Å². The Morgan fingerprint density at radius 3 is 2.74 bits per heavy atom. The molecule has 1 aromatic rings. The molecular formula is C13H16N2O4. The molecule has 0 aliphatic carbocycles. The zero-order valence-corrected chi connectivity index (χ0v) is 10.5. The molecule has 0 bridgehead atoms. The van der Waals surface area contributed by atoms with Gasteiger partial charge in [0, 0.05) is 18.8 Å². The predicted molar refractivity (Wildman–Crippen MR) is 69.6 cm³/mol. The number of ether oxygens (including phenoxy) is 1. The number of urea groups is 1. The Kier molecular flexibility index (Phi) is 4.22. The van der Waals surface area contributed by atoms with E-state index < -0.39 is 5.97 Å². The molecule has 0 unspecified atom stereocenters. The summed E-state index contributed by atoms with van der Waals surface area (Å²) in [6, 6.07) is 6.96. The van der Waals surface area contributed by atoms with Gasteiger partial charge in [0.2, 0.25) is 0 Å². The lowest BCUT2D eigenvalue weighted by atomic mass is 10.2. The summed E-state index contributed by atoms with van der Waals surface area (Å²) in [5.41, 5.74) is 0.808. The number of hydrogen-bond donors (Lipinski definition) is 2. The molecule has 1 saturated heterocycles. The zero-order chi connectivity index (χ0) is 13.7. The molecule has 2 rings (SSSR count). The number of carboxylic acid groups (broad SMARTS) is 1. The average molecular weight is 264 g/mol. The van der Waals surface area contributed by atoms with Gasteiger partial charge in [0.25, 0.3) is 0 Å². The highest BCUT2D eigenvalue weighted by atomic mass is 16.5. The molecule has 1 aromatic carbocycles. The monoisotopic (exact) mass is 264 g/mol. The van der Waals surface area contributed by atoms with Crippen molar-refractivity contribution in [3.63, 3.8) is 0 Å².